The summed E-state index contributed by atoms with van der Waals surface area (Å²) >= 11 is 0. The van der Waals surface area contributed by atoms with E-state index in [4.69, 9.17) is 23.7 Å². The number of methoxy groups -OCH3 is 2. The summed E-state index contributed by atoms with van der Waals surface area (Å²) in [6, 6.07) is 9.40. The van der Waals surface area contributed by atoms with Crippen LogP contribution in [0.2, 0.25) is 0 Å². The van der Waals surface area contributed by atoms with Gasteiger partial charge in [0.2, 0.25) is 6.29 Å². The van der Waals surface area contributed by atoms with Crippen molar-refractivity contribution in [2.45, 2.75) is 42.9 Å². The quantitative estimate of drug-likeness (QED) is 0.220. The zero-order valence-corrected chi connectivity index (χ0v) is 21.0. The number of aliphatic hydroxyl groups excluding tert-OH is 6. The van der Waals surface area contributed by atoms with Crippen molar-refractivity contribution in [3.8, 4) is 23.0 Å². The second kappa shape index (κ2) is 12.0. The molecule has 2 aliphatic heterocycles. The third kappa shape index (κ3) is 5.40. The molecule has 7 N–H and O–H groups in total. The van der Waals surface area contributed by atoms with Crippen LogP contribution in [0.1, 0.15) is 23.3 Å². The van der Waals surface area contributed by atoms with Gasteiger partial charge in [0.05, 0.1) is 39.6 Å². The first-order chi connectivity index (χ1) is 18.2. The Bertz CT molecular complexity index is 1080. The van der Waals surface area contributed by atoms with E-state index in [1.54, 1.807) is 24.3 Å². The average molecular weight is 539 g/mol. The van der Waals surface area contributed by atoms with Crippen LogP contribution in [-0.4, -0.2) is 100 Å². The summed E-state index contributed by atoms with van der Waals surface area (Å²) in [5, 5.41) is 70.8. The average Bonchev–Trinajstić information content (AvgIpc) is 3.37. The van der Waals surface area contributed by atoms with Gasteiger partial charge in [-0.3, -0.25) is 0 Å². The maximum atomic E-state index is 11.1. The smallest absolute Gasteiger partial charge is 0.229 e. The lowest BCUT2D eigenvalue weighted by atomic mass is 9.82. The molecule has 2 aromatic carbocycles. The highest BCUT2D eigenvalue weighted by atomic mass is 16.7. The van der Waals surface area contributed by atoms with E-state index < -0.39 is 61.4 Å². The Morgan fingerprint density at radius 2 is 1.63 bits per heavy atom. The zero-order valence-electron chi connectivity index (χ0n) is 21.0. The largest absolute Gasteiger partial charge is 0.504 e. The summed E-state index contributed by atoms with van der Waals surface area (Å²) in [5.41, 5.74) is 1.15. The van der Waals surface area contributed by atoms with Crippen molar-refractivity contribution in [1.82, 2.24) is 0 Å². The highest BCUT2D eigenvalue weighted by Gasteiger charge is 2.45. The van der Waals surface area contributed by atoms with Crippen LogP contribution >= 0.6 is 0 Å². The van der Waals surface area contributed by atoms with E-state index in [9.17, 15) is 35.7 Å². The minimum Gasteiger partial charge on any atom is -0.504 e. The van der Waals surface area contributed by atoms with Gasteiger partial charge in [-0.2, -0.15) is 0 Å². The fourth-order valence-corrected chi connectivity index (χ4v) is 4.96. The van der Waals surface area contributed by atoms with Crippen molar-refractivity contribution in [1.29, 1.82) is 0 Å². The summed E-state index contributed by atoms with van der Waals surface area (Å²) in [4.78, 5) is 0. The molecular weight excluding hydrogens is 504 g/mol. The Morgan fingerprint density at radius 1 is 0.895 bits per heavy atom. The fraction of sp³-hybridized carbons (Fsp3) is 0.538. The molecule has 0 bridgehead atoms. The lowest BCUT2D eigenvalue weighted by Gasteiger charge is -2.39. The van der Waals surface area contributed by atoms with Gasteiger partial charge < -0.3 is 59.4 Å². The van der Waals surface area contributed by atoms with Gasteiger partial charge >= 0.3 is 0 Å². The summed E-state index contributed by atoms with van der Waals surface area (Å²) in [6.07, 6.45) is -8.80. The SMILES string of the molecule is COc1cc(C(O)C2COC(c3ccc(OC4OC(CO)C(O)C(O)C4O)c(OC)c3)C2CO)ccc1O. The number of aromatic hydroxyl groups is 1. The summed E-state index contributed by atoms with van der Waals surface area (Å²) in [6.45, 7) is -0.703. The minimum absolute atomic E-state index is 0.0548. The van der Waals surface area contributed by atoms with Crippen LogP contribution in [0, 0.1) is 11.8 Å². The van der Waals surface area contributed by atoms with Gasteiger partial charge in [0.25, 0.3) is 0 Å². The van der Waals surface area contributed by atoms with Crippen molar-refractivity contribution in [2.75, 3.05) is 34.0 Å². The zero-order chi connectivity index (χ0) is 27.6. The molecule has 2 heterocycles. The third-order valence-electron chi connectivity index (χ3n) is 7.18. The van der Waals surface area contributed by atoms with E-state index in [0.29, 0.717) is 11.1 Å². The van der Waals surface area contributed by atoms with Crippen LogP contribution < -0.4 is 14.2 Å². The highest BCUT2D eigenvalue weighted by molar-refractivity contribution is 5.45. The molecule has 2 saturated heterocycles. The van der Waals surface area contributed by atoms with Crippen LogP contribution in [0.3, 0.4) is 0 Å². The number of phenolic OH excluding ortho intramolecular Hbond substituents is 1. The van der Waals surface area contributed by atoms with Gasteiger partial charge in [-0.25, -0.2) is 0 Å². The Labute approximate surface area is 219 Å². The molecule has 2 aliphatic rings. The number of phenols is 1. The normalized spacial score (nSPS) is 32.1. The van der Waals surface area contributed by atoms with E-state index in [1.165, 1.54) is 26.4 Å². The molecule has 0 spiro atoms. The van der Waals surface area contributed by atoms with Gasteiger partial charge in [0, 0.05) is 18.4 Å². The maximum Gasteiger partial charge on any atom is 0.229 e. The Hall–Kier alpha value is -2.68. The molecule has 9 atom stereocenters. The van der Waals surface area contributed by atoms with Gasteiger partial charge in [-0.15, -0.1) is 0 Å². The highest BCUT2D eigenvalue weighted by Crippen LogP contribution is 2.46. The Balaban J connectivity index is 1.52. The molecule has 4 rings (SSSR count). The van der Waals surface area contributed by atoms with E-state index in [0.717, 1.165) is 0 Å². The van der Waals surface area contributed by atoms with Crippen molar-refractivity contribution >= 4 is 0 Å². The second-order valence-corrected chi connectivity index (χ2v) is 9.37. The Kier molecular flexibility index (Phi) is 8.96. The maximum absolute atomic E-state index is 11.1. The summed E-state index contributed by atoms with van der Waals surface area (Å²) in [5.74, 6) is -0.376. The van der Waals surface area contributed by atoms with Crippen molar-refractivity contribution < 1.29 is 59.4 Å². The van der Waals surface area contributed by atoms with Crippen molar-refractivity contribution in [3.63, 3.8) is 0 Å². The summed E-state index contributed by atoms with van der Waals surface area (Å²) in [7, 11) is 2.82. The lowest BCUT2D eigenvalue weighted by Crippen LogP contribution is -2.60. The molecule has 2 fully saturated rings. The van der Waals surface area contributed by atoms with Crippen molar-refractivity contribution in [2.24, 2.45) is 11.8 Å². The molecule has 2 aromatic rings. The molecule has 9 unspecified atom stereocenters. The molecule has 38 heavy (non-hydrogen) atoms. The second-order valence-electron chi connectivity index (χ2n) is 9.37. The number of hydrogen-bond acceptors (Lipinski definition) is 12. The van der Waals surface area contributed by atoms with Crippen LogP contribution in [0.25, 0.3) is 0 Å². The minimum atomic E-state index is -1.59. The van der Waals surface area contributed by atoms with Gasteiger partial charge in [-0.05, 0) is 35.4 Å². The van der Waals surface area contributed by atoms with E-state index >= 15 is 0 Å². The molecule has 12 nitrogen and oxygen atoms in total. The Morgan fingerprint density at radius 3 is 2.29 bits per heavy atom. The standard InChI is InChI=1S/C26H34O12/c1-34-18-7-12(3-5-16(18)29)21(30)15-11-36-25(14(15)9-27)13-4-6-17(19(8-13)35-2)37-26-24(33)23(32)22(31)20(10-28)38-26/h3-8,14-15,20-33H,9-11H2,1-2H3. The predicted molar refractivity (Wildman–Crippen MR) is 130 cm³/mol. The first kappa shape index (κ1) is 28.3. The van der Waals surface area contributed by atoms with Crippen LogP contribution in [0.4, 0.5) is 0 Å². The number of aliphatic hydroxyl groups is 6. The molecule has 0 aliphatic carbocycles. The summed E-state index contributed by atoms with van der Waals surface area (Å²) < 4.78 is 27.7. The predicted octanol–water partition coefficient (Wildman–Crippen LogP) is -0.382. The molecule has 0 saturated carbocycles. The molecule has 210 valence electrons. The third-order valence-corrected chi connectivity index (χ3v) is 7.18. The first-order valence-corrected chi connectivity index (χ1v) is 12.2. The number of rotatable bonds is 9. The van der Waals surface area contributed by atoms with Crippen LogP contribution in [0.5, 0.6) is 23.0 Å². The van der Waals surface area contributed by atoms with Gasteiger partial charge in [0.1, 0.15) is 24.4 Å². The van der Waals surface area contributed by atoms with E-state index in [1.807, 2.05) is 0 Å². The lowest BCUT2D eigenvalue weighted by molar-refractivity contribution is -0.277. The van der Waals surface area contributed by atoms with Crippen molar-refractivity contribution in [3.05, 3.63) is 47.5 Å². The monoisotopic (exact) mass is 538 g/mol. The molecule has 0 amide bonds. The first-order valence-electron chi connectivity index (χ1n) is 12.2. The molecule has 0 radical (unpaired) electrons. The number of benzene rings is 2. The fourth-order valence-electron chi connectivity index (χ4n) is 4.96. The van der Waals surface area contributed by atoms with E-state index in [2.05, 4.69) is 0 Å². The molecule has 12 heteroatoms. The van der Waals surface area contributed by atoms with Crippen LogP contribution in [0.15, 0.2) is 36.4 Å². The molecule has 0 aromatic heterocycles. The van der Waals surface area contributed by atoms with E-state index in [-0.39, 0.29) is 36.2 Å². The van der Waals surface area contributed by atoms with Crippen LogP contribution in [-0.2, 0) is 9.47 Å². The number of ether oxygens (including phenoxy) is 5. The molecular formula is C26H34O12. The number of hydrogen-bond donors (Lipinski definition) is 7. The topological polar surface area (TPSA) is 188 Å². The van der Waals surface area contributed by atoms with Gasteiger partial charge in [0.15, 0.2) is 23.0 Å². The van der Waals surface area contributed by atoms with Gasteiger partial charge in [-0.1, -0.05) is 12.1 Å².